The summed E-state index contributed by atoms with van der Waals surface area (Å²) in [6, 6.07) is -1.24. The molecule has 0 amide bonds. The van der Waals surface area contributed by atoms with E-state index in [0.717, 1.165) is 6.26 Å². The van der Waals surface area contributed by atoms with Gasteiger partial charge < -0.3 is 4.74 Å². The van der Waals surface area contributed by atoms with Gasteiger partial charge in [0.25, 0.3) is 6.04 Å². The van der Waals surface area contributed by atoms with Gasteiger partial charge in [0.05, 0.1) is 24.2 Å². The molecule has 0 N–H and O–H groups in total. The second-order valence-electron chi connectivity index (χ2n) is 4.18. The van der Waals surface area contributed by atoms with Gasteiger partial charge >= 0.3 is 0 Å². The maximum absolute atomic E-state index is 13.3. The number of nitrogens with zero attached hydrogens (tertiary/aromatic N) is 1. The molecule has 17 heavy (non-hydrogen) atoms. The summed E-state index contributed by atoms with van der Waals surface area (Å²) in [7, 11) is 0. The molecule has 1 fully saturated rings. The number of allylic oxidation sites excluding steroid dienone is 1. The zero-order chi connectivity index (χ0) is 12.6. The number of nitro groups is 1. The fraction of sp³-hybridized carbons (Fsp3) is 0.600. The van der Waals surface area contributed by atoms with Crippen LogP contribution in [0.25, 0.3) is 0 Å². The highest BCUT2D eigenvalue weighted by molar-refractivity contribution is 6.13. The second-order valence-corrected chi connectivity index (χ2v) is 4.18. The quantitative estimate of drug-likeness (QED) is 0.304. The third-order valence-corrected chi connectivity index (χ3v) is 3.15. The minimum absolute atomic E-state index is 0.126. The zero-order valence-electron chi connectivity index (χ0n) is 8.74. The lowest BCUT2D eigenvalue weighted by molar-refractivity contribution is -0.541. The van der Waals surface area contributed by atoms with E-state index in [4.69, 9.17) is 4.74 Å². The third kappa shape index (κ3) is 1.92. The molecule has 0 aromatic carbocycles. The zero-order valence-corrected chi connectivity index (χ0v) is 8.74. The lowest BCUT2D eigenvalue weighted by Crippen LogP contribution is -2.51. The van der Waals surface area contributed by atoms with Crippen molar-refractivity contribution in [2.75, 3.05) is 0 Å². The number of carbonyl (C=O) groups is 2. The number of hydrogen-bond donors (Lipinski definition) is 0. The molecule has 0 radical (unpaired) electrons. The van der Waals surface area contributed by atoms with Crippen LogP contribution in [-0.4, -0.2) is 35.3 Å². The summed E-state index contributed by atoms with van der Waals surface area (Å²) in [5.41, 5.74) is -0.192. The van der Waals surface area contributed by atoms with Gasteiger partial charge in [0.2, 0.25) is 0 Å². The monoisotopic (exact) mass is 243 g/mol. The van der Waals surface area contributed by atoms with Crippen molar-refractivity contribution in [1.82, 2.24) is 0 Å². The summed E-state index contributed by atoms with van der Waals surface area (Å²) in [5.74, 6) is -1.50. The van der Waals surface area contributed by atoms with Crippen molar-refractivity contribution < 1.29 is 23.6 Å². The van der Waals surface area contributed by atoms with Crippen molar-refractivity contribution in [2.45, 2.75) is 31.2 Å². The van der Waals surface area contributed by atoms with E-state index in [2.05, 4.69) is 0 Å². The Bertz CT molecular complexity index is 408. The lowest BCUT2D eigenvalue weighted by atomic mass is 9.77. The molecule has 2 aliphatic rings. The van der Waals surface area contributed by atoms with Gasteiger partial charge in [-0.05, 0) is 6.42 Å². The van der Waals surface area contributed by atoms with E-state index in [-0.39, 0.29) is 18.4 Å². The Morgan fingerprint density at radius 1 is 1.53 bits per heavy atom. The van der Waals surface area contributed by atoms with Gasteiger partial charge in [-0.3, -0.25) is 19.7 Å². The van der Waals surface area contributed by atoms with Crippen LogP contribution in [0.2, 0.25) is 0 Å². The summed E-state index contributed by atoms with van der Waals surface area (Å²) >= 11 is 0. The van der Waals surface area contributed by atoms with E-state index in [0.29, 0.717) is 6.29 Å². The van der Waals surface area contributed by atoms with Crippen molar-refractivity contribution in [3.8, 4) is 0 Å². The number of Topliss-reactive ketones (excluding diaryl/α,β-unsaturated/α-hetero) is 1. The predicted molar refractivity (Wildman–Crippen MR) is 52.4 cm³/mol. The van der Waals surface area contributed by atoms with Gasteiger partial charge in [0.1, 0.15) is 6.17 Å². The second kappa shape index (κ2) is 4.23. The van der Waals surface area contributed by atoms with Crippen LogP contribution in [0.5, 0.6) is 0 Å². The molecule has 0 aromatic rings. The molecule has 6 nitrogen and oxygen atoms in total. The van der Waals surface area contributed by atoms with E-state index in [1.54, 1.807) is 0 Å². The Kier molecular flexibility index (Phi) is 2.91. The Morgan fingerprint density at radius 3 is 2.82 bits per heavy atom. The molecule has 0 spiro atoms. The summed E-state index contributed by atoms with van der Waals surface area (Å²) in [4.78, 5) is 32.4. The van der Waals surface area contributed by atoms with Crippen LogP contribution in [0.4, 0.5) is 4.39 Å². The molecule has 4 unspecified atom stereocenters. The van der Waals surface area contributed by atoms with Gasteiger partial charge in [-0.2, -0.15) is 0 Å². The molecule has 0 saturated heterocycles. The molecule has 0 bridgehead atoms. The van der Waals surface area contributed by atoms with Gasteiger partial charge in [-0.15, -0.1) is 0 Å². The first-order valence-electron chi connectivity index (χ1n) is 5.17. The summed E-state index contributed by atoms with van der Waals surface area (Å²) in [5, 5.41) is 10.8. The van der Waals surface area contributed by atoms with Crippen LogP contribution >= 0.6 is 0 Å². The summed E-state index contributed by atoms with van der Waals surface area (Å²) < 4.78 is 18.4. The molecule has 92 valence electrons. The fourth-order valence-corrected chi connectivity index (χ4v) is 2.33. The molecular weight excluding hydrogens is 233 g/mol. The number of ether oxygens (including phenoxy) is 1. The van der Waals surface area contributed by atoms with Crippen molar-refractivity contribution in [3.05, 3.63) is 21.9 Å². The van der Waals surface area contributed by atoms with Crippen LogP contribution in [0.3, 0.4) is 0 Å². The molecule has 2 rings (SSSR count). The highest BCUT2D eigenvalue weighted by Gasteiger charge is 2.51. The Balaban J connectivity index is 2.30. The van der Waals surface area contributed by atoms with Crippen LogP contribution < -0.4 is 0 Å². The average Bonchev–Trinajstić information content (AvgIpc) is 2.29. The van der Waals surface area contributed by atoms with Crippen molar-refractivity contribution >= 4 is 12.1 Å². The van der Waals surface area contributed by atoms with E-state index >= 15 is 0 Å². The number of hydrogen-bond acceptors (Lipinski definition) is 5. The Labute approximate surface area is 95.6 Å². The van der Waals surface area contributed by atoms with Crippen LogP contribution in [-0.2, 0) is 14.3 Å². The maximum atomic E-state index is 13.3. The predicted octanol–water partition coefficient (Wildman–Crippen LogP) is 0.430. The first kappa shape index (κ1) is 11.7. The van der Waals surface area contributed by atoms with Crippen LogP contribution in [0.1, 0.15) is 12.8 Å². The molecular formula is C10H10FNO5. The number of fused-ring (bicyclic) bond motifs is 1. The number of rotatable bonds is 2. The van der Waals surface area contributed by atoms with Gasteiger partial charge in [-0.1, -0.05) is 0 Å². The maximum Gasteiger partial charge on any atom is 0.252 e. The SMILES string of the molecule is O=CC1=COC2C(CC(F)CC2[N+](=O)[O-])C1=O. The number of aldehydes is 1. The third-order valence-electron chi connectivity index (χ3n) is 3.15. The standard InChI is InChI=1S/C10H10FNO5/c11-6-1-7-9(14)5(3-13)4-17-10(7)8(2-6)12(15)16/h3-4,6-8,10H,1-2H2. The van der Waals surface area contributed by atoms with E-state index in [9.17, 15) is 24.1 Å². The first-order chi connectivity index (χ1) is 8.04. The van der Waals surface area contributed by atoms with Crippen LogP contribution in [0.15, 0.2) is 11.8 Å². The van der Waals surface area contributed by atoms with E-state index in [1.165, 1.54) is 0 Å². The Hall–Kier alpha value is -1.79. The van der Waals surface area contributed by atoms with Crippen molar-refractivity contribution in [1.29, 1.82) is 0 Å². The fourth-order valence-electron chi connectivity index (χ4n) is 2.33. The number of halogens is 1. The van der Waals surface area contributed by atoms with E-state index in [1.807, 2.05) is 0 Å². The molecule has 7 heteroatoms. The molecule has 1 aliphatic heterocycles. The molecule has 4 atom stereocenters. The number of ketones is 1. The first-order valence-corrected chi connectivity index (χ1v) is 5.17. The molecule has 1 aliphatic carbocycles. The molecule has 0 aromatic heterocycles. The van der Waals surface area contributed by atoms with Gasteiger partial charge in [0.15, 0.2) is 18.2 Å². The van der Waals surface area contributed by atoms with Gasteiger partial charge in [-0.25, -0.2) is 4.39 Å². The van der Waals surface area contributed by atoms with Gasteiger partial charge in [0, 0.05) is 4.92 Å². The highest BCUT2D eigenvalue weighted by atomic mass is 19.1. The summed E-state index contributed by atoms with van der Waals surface area (Å²) in [6.07, 6.45) is -1.50. The highest BCUT2D eigenvalue weighted by Crippen LogP contribution is 2.35. The van der Waals surface area contributed by atoms with Crippen LogP contribution in [0, 0.1) is 16.0 Å². The molecule has 1 heterocycles. The largest absolute Gasteiger partial charge is 0.489 e. The van der Waals surface area contributed by atoms with E-state index < -0.39 is 34.9 Å². The molecule has 1 saturated carbocycles. The Morgan fingerprint density at radius 2 is 2.24 bits per heavy atom. The van der Waals surface area contributed by atoms with Crippen molar-refractivity contribution in [2.24, 2.45) is 5.92 Å². The topological polar surface area (TPSA) is 86.5 Å². The smallest absolute Gasteiger partial charge is 0.252 e. The average molecular weight is 243 g/mol. The number of alkyl halides is 1. The number of carbonyl (C=O) groups excluding carboxylic acids is 2. The minimum Gasteiger partial charge on any atom is -0.489 e. The van der Waals surface area contributed by atoms with Crippen molar-refractivity contribution in [3.63, 3.8) is 0 Å². The minimum atomic E-state index is -1.41. The normalized spacial score (nSPS) is 36.5. The lowest BCUT2D eigenvalue weighted by Gasteiger charge is -2.35. The summed E-state index contributed by atoms with van der Waals surface area (Å²) in [6.45, 7) is 0.